The Morgan fingerprint density at radius 3 is 2.49 bits per heavy atom. The Kier molecular flexibility index (Phi) is 7.55. The predicted molar refractivity (Wildman–Crippen MR) is 169 cm³/mol. The van der Waals surface area contributed by atoms with Crippen molar-refractivity contribution in [2.24, 2.45) is 7.05 Å². The quantitative estimate of drug-likeness (QED) is 0.180. The fourth-order valence-electron chi connectivity index (χ4n) is 6.10. The van der Waals surface area contributed by atoms with Crippen LogP contribution in [0.15, 0.2) is 90.5 Å². The van der Waals surface area contributed by atoms with Crippen molar-refractivity contribution in [3.8, 4) is 16.9 Å². The van der Waals surface area contributed by atoms with Crippen LogP contribution in [0.25, 0.3) is 27.5 Å². The summed E-state index contributed by atoms with van der Waals surface area (Å²) in [6.45, 7) is 4.58. The predicted octanol–water partition coefficient (Wildman–Crippen LogP) is 7.36. The average molecular weight is 572 g/mol. The van der Waals surface area contributed by atoms with E-state index in [1.807, 2.05) is 49.0 Å². The lowest BCUT2D eigenvalue weighted by Crippen LogP contribution is -2.16. The number of ether oxygens (including phenoxy) is 1. The van der Waals surface area contributed by atoms with Crippen LogP contribution in [0.3, 0.4) is 0 Å². The molecule has 2 N–H and O–H groups in total. The Morgan fingerprint density at radius 1 is 0.953 bits per heavy atom. The first-order valence-corrected chi connectivity index (χ1v) is 14.4. The van der Waals surface area contributed by atoms with E-state index >= 15 is 0 Å². The zero-order valence-electron chi connectivity index (χ0n) is 24.5. The summed E-state index contributed by atoms with van der Waals surface area (Å²) < 4.78 is 8.12. The minimum Gasteiger partial charge on any atom is -0.493 e. The molecule has 0 saturated carbocycles. The van der Waals surface area contributed by atoms with Gasteiger partial charge in [-0.05, 0) is 78.6 Å². The van der Waals surface area contributed by atoms with Crippen molar-refractivity contribution in [3.05, 3.63) is 119 Å². The molecule has 0 bridgehead atoms. The lowest BCUT2D eigenvalue weighted by atomic mass is 9.93. The molecule has 0 fully saturated rings. The fourth-order valence-corrected chi connectivity index (χ4v) is 6.10. The summed E-state index contributed by atoms with van der Waals surface area (Å²) in [7, 11) is 1.94. The van der Waals surface area contributed by atoms with Crippen molar-refractivity contribution in [2.75, 3.05) is 11.9 Å². The van der Waals surface area contributed by atoms with Gasteiger partial charge in [-0.3, -0.25) is 9.48 Å². The van der Waals surface area contributed by atoms with E-state index in [-0.39, 0.29) is 11.5 Å². The van der Waals surface area contributed by atoms with Crippen LogP contribution in [-0.4, -0.2) is 33.4 Å². The number of fused-ring (bicyclic) bond motifs is 2. The molecule has 5 aromatic rings. The number of aromatic nitrogens is 2. The number of hydrogen-bond donors (Lipinski definition) is 2. The van der Waals surface area contributed by atoms with E-state index < -0.39 is 5.97 Å². The number of amides is 1. The summed E-state index contributed by atoms with van der Waals surface area (Å²) in [4.78, 5) is 25.3. The molecule has 7 nitrogen and oxygen atoms in total. The molecule has 0 radical (unpaired) electrons. The van der Waals surface area contributed by atoms with E-state index in [0.717, 1.165) is 62.2 Å². The number of nitrogens with one attached hydrogen (secondary N) is 1. The van der Waals surface area contributed by atoms with Crippen molar-refractivity contribution in [3.63, 3.8) is 0 Å². The van der Waals surface area contributed by atoms with Gasteiger partial charge in [0.1, 0.15) is 5.75 Å². The molecule has 0 saturated heterocycles. The molecule has 7 heteroatoms. The van der Waals surface area contributed by atoms with Crippen molar-refractivity contribution in [1.82, 2.24) is 9.78 Å². The summed E-state index contributed by atoms with van der Waals surface area (Å²) in [5, 5.41) is 19.2. The Hall–Kier alpha value is -5.17. The van der Waals surface area contributed by atoms with Gasteiger partial charge < -0.3 is 15.2 Å². The smallest absolute Gasteiger partial charge is 0.335 e. The molecule has 6 rings (SSSR count). The Morgan fingerprint density at radius 2 is 1.70 bits per heavy atom. The van der Waals surface area contributed by atoms with Gasteiger partial charge in [0.05, 0.1) is 17.9 Å². The molecule has 0 atom stereocenters. The van der Waals surface area contributed by atoms with Gasteiger partial charge in [0, 0.05) is 41.4 Å². The first kappa shape index (κ1) is 28.0. The lowest BCUT2D eigenvalue weighted by Gasteiger charge is -2.13. The van der Waals surface area contributed by atoms with Gasteiger partial charge in [0.2, 0.25) is 0 Å². The summed E-state index contributed by atoms with van der Waals surface area (Å²) in [5.41, 5.74) is 8.61. The van der Waals surface area contributed by atoms with Crippen LogP contribution in [-0.2, 0) is 18.3 Å². The SMILES string of the molecule is Cc1nn(C)c(C)c1-c1cccc2c1CC(C(=O)Nc1cccc(C(=O)O)c1)=C2CCCOc1cccc2ccccc12. The third kappa shape index (κ3) is 5.42. The second-order valence-corrected chi connectivity index (χ2v) is 10.9. The van der Waals surface area contributed by atoms with E-state index in [2.05, 4.69) is 47.7 Å². The molecular formula is C36H33N3O4. The third-order valence-corrected chi connectivity index (χ3v) is 8.22. The average Bonchev–Trinajstić information content (AvgIpc) is 3.50. The molecule has 1 aliphatic carbocycles. The molecule has 1 heterocycles. The van der Waals surface area contributed by atoms with Gasteiger partial charge >= 0.3 is 5.97 Å². The molecule has 0 spiro atoms. The Labute approximate surface area is 250 Å². The topological polar surface area (TPSA) is 93.5 Å². The van der Waals surface area contributed by atoms with Crippen LogP contribution in [0, 0.1) is 13.8 Å². The van der Waals surface area contributed by atoms with Gasteiger partial charge in [-0.1, -0.05) is 60.7 Å². The summed E-state index contributed by atoms with van der Waals surface area (Å²) in [6.07, 6.45) is 1.85. The number of nitrogens with zero attached hydrogens (tertiary/aromatic N) is 2. The number of anilines is 1. The largest absolute Gasteiger partial charge is 0.493 e. The third-order valence-electron chi connectivity index (χ3n) is 8.22. The van der Waals surface area contributed by atoms with Crippen LogP contribution in [0.2, 0.25) is 0 Å². The summed E-state index contributed by atoms with van der Waals surface area (Å²) in [6, 6.07) is 26.8. The zero-order valence-corrected chi connectivity index (χ0v) is 24.5. The Balaban J connectivity index is 1.30. The van der Waals surface area contributed by atoms with Crippen molar-refractivity contribution < 1.29 is 19.4 Å². The maximum Gasteiger partial charge on any atom is 0.335 e. The number of rotatable bonds is 9. The number of allylic oxidation sites excluding steroid dienone is 1. The minimum absolute atomic E-state index is 0.122. The maximum absolute atomic E-state index is 13.8. The summed E-state index contributed by atoms with van der Waals surface area (Å²) in [5.74, 6) is -0.420. The van der Waals surface area contributed by atoms with Gasteiger partial charge in [0.25, 0.3) is 5.91 Å². The molecule has 1 amide bonds. The highest BCUT2D eigenvalue weighted by atomic mass is 16.5. The van der Waals surface area contributed by atoms with Gasteiger partial charge in [-0.25, -0.2) is 4.79 Å². The number of hydrogen-bond acceptors (Lipinski definition) is 4. The molecule has 43 heavy (non-hydrogen) atoms. The van der Waals surface area contributed by atoms with Crippen LogP contribution < -0.4 is 10.1 Å². The number of carbonyl (C=O) groups excluding carboxylic acids is 1. The van der Waals surface area contributed by atoms with Crippen LogP contribution in [0.4, 0.5) is 5.69 Å². The molecule has 216 valence electrons. The number of aryl methyl sites for hydroxylation is 2. The van der Waals surface area contributed by atoms with E-state index in [1.54, 1.807) is 12.1 Å². The normalized spacial score (nSPS) is 12.4. The molecule has 1 aliphatic rings. The molecule has 0 aliphatic heterocycles. The first-order valence-electron chi connectivity index (χ1n) is 14.4. The van der Waals surface area contributed by atoms with Gasteiger partial charge in [-0.15, -0.1) is 0 Å². The zero-order chi connectivity index (χ0) is 30.1. The number of aromatic carboxylic acids is 1. The second kappa shape index (κ2) is 11.6. The molecule has 1 aromatic heterocycles. The van der Waals surface area contributed by atoms with Gasteiger partial charge in [-0.2, -0.15) is 5.10 Å². The second-order valence-electron chi connectivity index (χ2n) is 10.9. The summed E-state index contributed by atoms with van der Waals surface area (Å²) >= 11 is 0. The minimum atomic E-state index is -1.04. The Bertz CT molecular complexity index is 1910. The first-order chi connectivity index (χ1) is 20.8. The molecule has 4 aromatic carbocycles. The maximum atomic E-state index is 13.8. The molecular weight excluding hydrogens is 538 g/mol. The van der Waals surface area contributed by atoms with E-state index in [4.69, 9.17) is 4.74 Å². The fraction of sp³-hybridized carbons (Fsp3) is 0.194. The highest BCUT2D eigenvalue weighted by molar-refractivity contribution is 6.11. The number of benzene rings is 4. The monoisotopic (exact) mass is 571 g/mol. The van der Waals surface area contributed by atoms with Crippen molar-refractivity contribution in [2.45, 2.75) is 33.1 Å². The van der Waals surface area contributed by atoms with E-state index in [9.17, 15) is 14.7 Å². The number of carboxylic acids is 1. The van der Waals surface area contributed by atoms with E-state index in [1.165, 1.54) is 12.1 Å². The number of carbonyl (C=O) groups is 2. The molecule has 0 unspecified atom stereocenters. The van der Waals surface area contributed by atoms with Crippen LogP contribution in [0.5, 0.6) is 5.75 Å². The highest BCUT2D eigenvalue weighted by Gasteiger charge is 2.29. The van der Waals surface area contributed by atoms with Crippen LogP contribution >= 0.6 is 0 Å². The lowest BCUT2D eigenvalue weighted by molar-refractivity contribution is -0.112. The van der Waals surface area contributed by atoms with Crippen molar-refractivity contribution in [1.29, 1.82) is 0 Å². The van der Waals surface area contributed by atoms with E-state index in [0.29, 0.717) is 30.7 Å². The van der Waals surface area contributed by atoms with Crippen LogP contribution in [0.1, 0.15) is 45.7 Å². The number of carboxylic acid groups (broad SMARTS) is 1. The van der Waals surface area contributed by atoms with Crippen molar-refractivity contribution >= 4 is 33.9 Å². The standard InChI is InChI=1S/C36H33N3O4/c1-22-34(23(2)39(3)38-22)30-16-8-15-28-29(17-9-19-43-33-18-7-11-24-10-4-5-14-27(24)33)32(21-31(28)30)35(40)37-26-13-6-12-25(20-26)36(41)42/h4-8,10-16,18,20H,9,17,19,21H2,1-3H3,(H,37,40)(H,41,42). The van der Waals surface area contributed by atoms with Gasteiger partial charge in [0.15, 0.2) is 0 Å². The highest BCUT2D eigenvalue weighted by Crippen LogP contribution is 2.42.